The Labute approximate surface area is 86.2 Å². The maximum absolute atomic E-state index is 11.5. The summed E-state index contributed by atoms with van der Waals surface area (Å²) in [5.74, 6) is -0.438. The maximum Gasteiger partial charge on any atom is 0.334 e. The van der Waals surface area contributed by atoms with Crippen LogP contribution in [0.4, 0.5) is 10.5 Å². The molecular weight excluding hydrogens is 194 g/mol. The molecule has 1 aromatic rings. The molecule has 1 saturated heterocycles. The van der Waals surface area contributed by atoms with Crippen LogP contribution in [0.2, 0.25) is 0 Å². The summed E-state index contributed by atoms with van der Waals surface area (Å²) in [4.78, 5) is 23.6. The van der Waals surface area contributed by atoms with Gasteiger partial charge in [-0.1, -0.05) is 18.2 Å². The zero-order chi connectivity index (χ0) is 10.8. The van der Waals surface area contributed by atoms with Crippen LogP contribution in [0.25, 0.3) is 0 Å². The summed E-state index contributed by atoms with van der Waals surface area (Å²) in [7, 11) is 0. The molecule has 0 aliphatic carbocycles. The van der Waals surface area contributed by atoms with Gasteiger partial charge in [-0.3, -0.25) is 15.5 Å². The first-order chi connectivity index (χ1) is 7.18. The summed E-state index contributed by atoms with van der Waals surface area (Å²) in [5.41, 5.74) is 0.590. The molecule has 5 nitrogen and oxygen atoms in total. The van der Waals surface area contributed by atoms with E-state index in [9.17, 15) is 9.59 Å². The molecule has 15 heavy (non-hydrogen) atoms. The van der Waals surface area contributed by atoms with Crippen LogP contribution >= 0.6 is 0 Å². The second-order valence-corrected chi connectivity index (χ2v) is 3.15. The fourth-order valence-corrected chi connectivity index (χ4v) is 1.42. The van der Waals surface area contributed by atoms with E-state index in [1.165, 1.54) is 4.90 Å². The Morgan fingerprint density at radius 2 is 1.87 bits per heavy atom. The predicted molar refractivity (Wildman–Crippen MR) is 54.8 cm³/mol. The molecule has 0 spiro atoms. The van der Waals surface area contributed by atoms with E-state index in [4.69, 9.17) is 5.41 Å². The van der Waals surface area contributed by atoms with Gasteiger partial charge in [0.05, 0.1) is 12.1 Å². The molecule has 1 aliphatic rings. The van der Waals surface area contributed by atoms with Crippen molar-refractivity contribution in [2.45, 2.75) is 6.42 Å². The minimum Gasteiger partial charge on any atom is -0.287 e. The Morgan fingerprint density at radius 1 is 1.20 bits per heavy atom. The van der Waals surface area contributed by atoms with Crippen LogP contribution in [0.15, 0.2) is 30.3 Å². The van der Waals surface area contributed by atoms with Crippen molar-refractivity contribution < 1.29 is 9.59 Å². The van der Waals surface area contributed by atoms with Gasteiger partial charge in [-0.15, -0.1) is 0 Å². The summed E-state index contributed by atoms with van der Waals surface area (Å²) in [6, 6.07) is 8.22. The molecule has 0 radical (unpaired) electrons. The number of benzene rings is 1. The van der Waals surface area contributed by atoms with Gasteiger partial charge < -0.3 is 0 Å². The Balaban J connectivity index is 2.33. The normalized spacial score (nSPS) is 16.5. The summed E-state index contributed by atoms with van der Waals surface area (Å²) in [5, 5.41) is 9.75. The first-order valence-corrected chi connectivity index (χ1v) is 4.45. The number of para-hydroxylation sites is 1. The third-order valence-electron chi connectivity index (χ3n) is 2.06. The first kappa shape index (κ1) is 9.39. The monoisotopic (exact) mass is 203 g/mol. The standard InChI is InChI=1S/C10H9N3O2/c11-8-6-9(14)12-10(15)13(8)7-4-2-1-3-5-7/h1-5,11H,6H2,(H,12,14,15). The lowest BCUT2D eigenvalue weighted by Gasteiger charge is -2.26. The fraction of sp³-hybridized carbons (Fsp3) is 0.100. The largest absolute Gasteiger partial charge is 0.334 e. The van der Waals surface area contributed by atoms with Gasteiger partial charge in [0.15, 0.2) is 0 Å². The van der Waals surface area contributed by atoms with Crippen molar-refractivity contribution in [3.63, 3.8) is 0 Å². The topological polar surface area (TPSA) is 73.3 Å². The molecule has 0 bridgehead atoms. The summed E-state index contributed by atoms with van der Waals surface area (Å²) in [6.07, 6.45) is -0.0688. The molecule has 2 rings (SSSR count). The number of nitrogens with zero attached hydrogens (tertiary/aromatic N) is 1. The lowest BCUT2D eigenvalue weighted by atomic mass is 10.2. The lowest BCUT2D eigenvalue weighted by molar-refractivity contribution is -0.119. The van der Waals surface area contributed by atoms with Crippen molar-refractivity contribution in [1.82, 2.24) is 5.32 Å². The van der Waals surface area contributed by atoms with E-state index in [1.54, 1.807) is 24.3 Å². The third kappa shape index (κ3) is 1.71. The van der Waals surface area contributed by atoms with Crippen LogP contribution in [0.5, 0.6) is 0 Å². The molecule has 3 amide bonds. The fourth-order valence-electron chi connectivity index (χ4n) is 1.42. The van der Waals surface area contributed by atoms with Gasteiger partial charge in [-0.05, 0) is 12.1 Å². The van der Waals surface area contributed by atoms with Crippen molar-refractivity contribution in [1.29, 1.82) is 5.41 Å². The zero-order valence-corrected chi connectivity index (χ0v) is 7.86. The van der Waals surface area contributed by atoms with E-state index in [2.05, 4.69) is 5.32 Å². The number of imide groups is 1. The number of carbonyl (C=O) groups excluding carboxylic acids is 2. The highest BCUT2D eigenvalue weighted by atomic mass is 16.2. The van der Waals surface area contributed by atoms with Crippen molar-refractivity contribution in [2.75, 3.05) is 4.90 Å². The first-order valence-electron chi connectivity index (χ1n) is 4.45. The van der Waals surface area contributed by atoms with Gasteiger partial charge >= 0.3 is 6.03 Å². The van der Waals surface area contributed by atoms with E-state index >= 15 is 0 Å². The van der Waals surface area contributed by atoms with Crippen LogP contribution < -0.4 is 10.2 Å². The van der Waals surface area contributed by atoms with Crippen LogP contribution in [-0.2, 0) is 4.79 Å². The van der Waals surface area contributed by atoms with Gasteiger partial charge in [-0.25, -0.2) is 9.69 Å². The van der Waals surface area contributed by atoms with Crippen molar-refractivity contribution in [3.05, 3.63) is 30.3 Å². The Bertz CT molecular complexity index is 408. The van der Waals surface area contributed by atoms with Crippen LogP contribution in [0.3, 0.4) is 0 Å². The van der Waals surface area contributed by atoms with Crippen LogP contribution in [-0.4, -0.2) is 17.8 Å². The van der Waals surface area contributed by atoms with Crippen molar-refractivity contribution in [2.24, 2.45) is 0 Å². The second-order valence-electron chi connectivity index (χ2n) is 3.15. The Kier molecular flexibility index (Phi) is 2.21. The molecule has 0 aromatic heterocycles. The van der Waals surface area contributed by atoms with E-state index in [1.807, 2.05) is 6.07 Å². The molecule has 1 fully saturated rings. The molecule has 0 atom stereocenters. The van der Waals surface area contributed by atoms with Gasteiger partial charge in [0.1, 0.15) is 5.84 Å². The van der Waals surface area contributed by atoms with E-state index in [0.717, 1.165) is 0 Å². The second kappa shape index (κ2) is 3.53. The molecule has 2 N–H and O–H groups in total. The van der Waals surface area contributed by atoms with Gasteiger partial charge in [0.25, 0.3) is 0 Å². The predicted octanol–water partition coefficient (Wildman–Crippen LogP) is 1.11. The summed E-state index contributed by atoms with van der Waals surface area (Å²) < 4.78 is 0. The highest BCUT2D eigenvalue weighted by Crippen LogP contribution is 2.16. The number of amidine groups is 1. The highest BCUT2D eigenvalue weighted by molar-refractivity contribution is 6.27. The van der Waals surface area contributed by atoms with Gasteiger partial charge in [0.2, 0.25) is 5.91 Å². The minimum absolute atomic E-state index is 0.00468. The molecule has 0 saturated carbocycles. The van der Waals surface area contributed by atoms with E-state index < -0.39 is 11.9 Å². The molecular formula is C10H9N3O2. The molecule has 76 valence electrons. The number of urea groups is 1. The average molecular weight is 203 g/mol. The number of hydrogen-bond donors (Lipinski definition) is 2. The van der Waals surface area contributed by atoms with Gasteiger partial charge in [0, 0.05) is 0 Å². The van der Waals surface area contributed by atoms with Gasteiger partial charge in [-0.2, -0.15) is 0 Å². The molecule has 1 heterocycles. The highest BCUT2D eigenvalue weighted by Gasteiger charge is 2.28. The lowest BCUT2D eigenvalue weighted by Crippen LogP contribution is -2.52. The van der Waals surface area contributed by atoms with E-state index in [-0.39, 0.29) is 12.3 Å². The molecule has 1 aliphatic heterocycles. The minimum atomic E-state index is -0.567. The number of rotatable bonds is 1. The van der Waals surface area contributed by atoms with Crippen molar-refractivity contribution in [3.8, 4) is 0 Å². The Morgan fingerprint density at radius 3 is 2.47 bits per heavy atom. The molecule has 1 aromatic carbocycles. The number of nitrogens with one attached hydrogen (secondary N) is 2. The van der Waals surface area contributed by atoms with Crippen LogP contribution in [0.1, 0.15) is 6.42 Å². The number of hydrogen-bond acceptors (Lipinski definition) is 3. The average Bonchev–Trinajstić information content (AvgIpc) is 2.17. The SMILES string of the molecule is N=C1CC(=O)NC(=O)N1c1ccccc1. The van der Waals surface area contributed by atoms with E-state index in [0.29, 0.717) is 5.69 Å². The zero-order valence-electron chi connectivity index (χ0n) is 7.86. The molecule has 0 unspecified atom stereocenters. The Hall–Kier alpha value is -2.17. The van der Waals surface area contributed by atoms with Crippen molar-refractivity contribution >= 4 is 23.5 Å². The smallest absolute Gasteiger partial charge is 0.287 e. The number of carbonyl (C=O) groups is 2. The number of anilines is 1. The summed E-state index contributed by atoms with van der Waals surface area (Å²) in [6.45, 7) is 0. The molecule has 5 heteroatoms. The summed E-state index contributed by atoms with van der Waals surface area (Å²) >= 11 is 0. The maximum atomic E-state index is 11.5. The number of amides is 3. The quantitative estimate of drug-likeness (QED) is 0.717. The third-order valence-corrected chi connectivity index (χ3v) is 2.06. The van der Waals surface area contributed by atoms with Crippen LogP contribution in [0, 0.1) is 5.41 Å².